The molecule has 1 saturated heterocycles. The topological polar surface area (TPSA) is 126 Å². The molecule has 1 amide bonds. The molecule has 2 aromatic heterocycles. The minimum Gasteiger partial charge on any atom is -0.497 e. The van der Waals surface area contributed by atoms with E-state index >= 15 is 0 Å². The minimum absolute atomic E-state index is 0.127. The fourth-order valence-corrected chi connectivity index (χ4v) is 7.47. The number of hydrogen-bond acceptors (Lipinski definition) is 11. The van der Waals surface area contributed by atoms with E-state index in [4.69, 9.17) is 40.5 Å². The van der Waals surface area contributed by atoms with E-state index in [0.29, 0.717) is 45.0 Å². The number of nitriles is 1. The zero-order chi connectivity index (χ0) is 39.4. The van der Waals surface area contributed by atoms with Gasteiger partial charge in [-0.15, -0.1) is 0 Å². The van der Waals surface area contributed by atoms with E-state index in [1.165, 1.54) is 0 Å². The largest absolute Gasteiger partial charge is 0.497 e. The molecular formula is C43H46ClN7O5. The first-order valence-electron chi connectivity index (χ1n) is 18.7. The van der Waals surface area contributed by atoms with Gasteiger partial charge in [-0.2, -0.15) is 5.26 Å². The van der Waals surface area contributed by atoms with Crippen LogP contribution in [0.15, 0.2) is 78.9 Å². The van der Waals surface area contributed by atoms with Gasteiger partial charge in [-0.25, -0.2) is 19.7 Å². The minimum atomic E-state index is -0.649. The maximum absolute atomic E-state index is 13.1. The molecule has 56 heavy (non-hydrogen) atoms. The third-order valence-corrected chi connectivity index (χ3v) is 10.2. The number of fused-ring (bicyclic) bond motifs is 2. The van der Waals surface area contributed by atoms with Crippen LogP contribution in [0, 0.1) is 11.3 Å². The average Bonchev–Trinajstić information content (AvgIpc) is 3.19. The van der Waals surface area contributed by atoms with Gasteiger partial charge < -0.3 is 33.6 Å². The maximum atomic E-state index is 13.1. The van der Waals surface area contributed by atoms with Crippen LogP contribution < -0.4 is 19.3 Å². The van der Waals surface area contributed by atoms with Gasteiger partial charge in [-0.1, -0.05) is 48.5 Å². The lowest BCUT2D eigenvalue weighted by Gasteiger charge is -2.42. The predicted molar refractivity (Wildman–Crippen MR) is 215 cm³/mol. The molecule has 2 aliphatic rings. The molecule has 2 aliphatic heterocycles. The van der Waals surface area contributed by atoms with Gasteiger partial charge in [-0.05, 0) is 79.2 Å². The smallest absolute Gasteiger partial charge is 0.410 e. The summed E-state index contributed by atoms with van der Waals surface area (Å²) in [6.45, 7) is 8.19. The van der Waals surface area contributed by atoms with Gasteiger partial charge in [0.15, 0.2) is 0 Å². The number of hydrogen-bond donors (Lipinski definition) is 0. The number of rotatable bonds is 10. The quantitative estimate of drug-likeness (QED) is 0.128. The van der Waals surface area contributed by atoms with E-state index in [1.807, 2.05) is 57.2 Å². The molecule has 290 valence electrons. The monoisotopic (exact) mass is 775 g/mol. The first kappa shape index (κ1) is 38.6. The summed E-state index contributed by atoms with van der Waals surface area (Å²) in [7, 11) is 3.33. The Hall–Kier alpha value is -5.64. The highest BCUT2D eigenvalue weighted by Gasteiger charge is 2.36. The number of carbonyl (C=O) groups is 1. The molecule has 0 saturated carbocycles. The molecule has 3 aromatic carbocycles. The molecule has 7 rings (SSSR count). The second-order valence-electron chi connectivity index (χ2n) is 15.0. The third kappa shape index (κ3) is 8.75. The van der Waals surface area contributed by atoms with Gasteiger partial charge >= 0.3 is 6.09 Å². The van der Waals surface area contributed by atoms with Crippen molar-refractivity contribution in [3.8, 4) is 17.6 Å². The average molecular weight is 776 g/mol. The Balaban J connectivity index is 1.20. The van der Waals surface area contributed by atoms with E-state index in [9.17, 15) is 10.1 Å². The number of piperazine rings is 1. The fraction of sp³-hybridized carbons (Fsp3) is 0.372. The van der Waals surface area contributed by atoms with Crippen LogP contribution in [-0.2, 0) is 35.6 Å². The van der Waals surface area contributed by atoms with Crippen molar-refractivity contribution in [2.75, 3.05) is 43.7 Å². The Morgan fingerprint density at radius 3 is 2.23 bits per heavy atom. The van der Waals surface area contributed by atoms with Crippen LogP contribution >= 0.6 is 11.6 Å². The summed E-state index contributed by atoms with van der Waals surface area (Å²) in [6.07, 6.45) is -0.259. The van der Waals surface area contributed by atoms with Crippen molar-refractivity contribution >= 4 is 40.1 Å². The number of nitrogens with zero attached hydrogens (tertiary/aromatic N) is 7. The summed E-state index contributed by atoms with van der Waals surface area (Å²) in [5, 5.41) is 11.8. The summed E-state index contributed by atoms with van der Waals surface area (Å²) in [4.78, 5) is 33.8. The summed E-state index contributed by atoms with van der Waals surface area (Å²) in [6, 6.07) is 28.4. The zero-order valence-corrected chi connectivity index (χ0v) is 33.1. The molecule has 1 fully saturated rings. The first-order chi connectivity index (χ1) is 27.0. The van der Waals surface area contributed by atoms with Crippen LogP contribution in [0.2, 0.25) is 5.28 Å². The van der Waals surface area contributed by atoms with Crippen molar-refractivity contribution in [2.24, 2.45) is 0 Å². The predicted octanol–water partition coefficient (Wildman–Crippen LogP) is 8.06. The van der Waals surface area contributed by atoms with Crippen LogP contribution in [0.4, 0.5) is 16.4 Å². The number of pyridine rings is 1. The van der Waals surface area contributed by atoms with Crippen LogP contribution in [0.5, 0.6) is 11.5 Å². The summed E-state index contributed by atoms with van der Waals surface area (Å²) < 4.78 is 23.2. The number of amides is 1. The van der Waals surface area contributed by atoms with Crippen LogP contribution in [0.3, 0.4) is 0 Å². The second-order valence-corrected chi connectivity index (χ2v) is 15.4. The number of aromatic nitrogens is 3. The number of halogens is 1. The van der Waals surface area contributed by atoms with Gasteiger partial charge in [0.05, 0.1) is 50.7 Å². The molecule has 12 nitrogen and oxygen atoms in total. The molecule has 0 spiro atoms. The number of methoxy groups -OCH3 is 2. The molecule has 13 heteroatoms. The molecule has 0 aliphatic carbocycles. The van der Waals surface area contributed by atoms with Crippen molar-refractivity contribution in [1.29, 1.82) is 5.26 Å². The lowest BCUT2D eigenvalue weighted by atomic mass is 9.98. The summed E-state index contributed by atoms with van der Waals surface area (Å²) in [5.41, 5.74) is 4.02. The highest BCUT2D eigenvalue weighted by Crippen LogP contribution is 2.38. The van der Waals surface area contributed by atoms with E-state index in [0.717, 1.165) is 56.2 Å². The Morgan fingerprint density at radius 2 is 1.61 bits per heavy atom. The SMILES string of the molecule is COc1ccc(CN(Cc2ccc(OC)cc2)c2cc3ccccc3c(C3Cc4nc(Cl)nc(N5CCN(C(=O)OC(C)(C)C)[C@@H](CC#N)C5)c4CO3)n2)cc1. The number of benzene rings is 3. The van der Waals surface area contributed by atoms with Crippen LogP contribution in [-0.4, -0.2) is 71.4 Å². The van der Waals surface area contributed by atoms with Crippen LogP contribution in [0.25, 0.3) is 10.8 Å². The Bertz CT molecular complexity index is 2170. The second kappa shape index (κ2) is 16.6. The molecule has 2 atom stereocenters. The highest BCUT2D eigenvalue weighted by atomic mass is 35.5. The molecular weight excluding hydrogens is 730 g/mol. The third-order valence-electron chi connectivity index (χ3n) is 10.0. The van der Waals surface area contributed by atoms with Crippen molar-refractivity contribution in [2.45, 2.75) is 71.1 Å². The van der Waals surface area contributed by atoms with Gasteiger partial charge in [0.1, 0.15) is 34.8 Å². The summed E-state index contributed by atoms with van der Waals surface area (Å²) >= 11 is 6.63. The standard InChI is InChI=1S/C43H46ClN7O5/c1-43(2,3)56-42(52)51-21-20-49(26-31(51)18-19-45)40-35-27-55-37(23-36(35)46-41(44)48-40)39-34-9-7-6-8-30(34)22-38(47-39)50(24-28-10-14-32(53-4)15-11-28)25-29-12-16-33(54-5)17-13-29/h6-17,22,31,37H,18,20-21,23-27H2,1-5H3/t31-,37?/m0/s1. The van der Waals surface area contributed by atoms with Gasteiger partial charge in [0.2, 0.25) is 5.28 Å². The molecule has 1 unspecified atom stereocenters. The van der Waals surface area contributed by atoms with Gasteiger partial charge in [0.25, 0.3) is 0 Å². The molecule has 5 aromatic rings. The molecule has 0 radical (unpaired) electrons. The zero-order valence-electron chi connectivity index (χ0n) is 32.4. The Kier molecular flexibility index (Phi) is 11.5. The van der Waals surface area contributed by atoms with E-state index in [1.54, 1.807) is 19.1 Å². The highest BCUT2D eigenvalue weighted by molar-refractivity contribution is 6.28. The first-order valence-corrected chi connectivity index (χ1v) is 19.1. The molecule has 0 bridgehead atoms. The van der Waals surface area contributed by atoms with Crippen molar-refractivity contribution < 1.29 is 23.7 Å². The van der Waals surface area contributed by atoms with Crippen molar-refractivity contribution in [3.63, 3.8) is 0 Å². The number of anilines is 2. The Morgan fingerprint density at radius 1 is 0.946 bits per heavy atom. The lowest BCUT2D eigenvalue weighted by molar-refractivity contribution is 0.0140. The summed E-state index contributed by atoms with van der Waals surface area (Å²) in [5.74, 6) is 3.07. The normalized spacial score (nSPS) is 16.9. The fourth-order valence-electron chi connectivity index (χ4n) is 7.29. The maximum Gasteiger partial charge on any atom is 0.410 e. The van der Waals surface area contributed by atoms with Crippen LogP contribution in [0.1, 0.15) is 61.4 Å². The van der Waals surface area contributed by atoms with E-state index < -0.39 is 17.8 Å². The molecule has 0 N–H and O–H groups in total. The van der Waals surface area contributed by atoms with Crippen molar-refractivity contribution in [3.05, 3.63) is 112 Å². The molecule has 4 heterocycles. The van der Waals surface area contributed by atoms with Gasteiger partial charge in [-0.3, -0.25) is 0 Å². The van der Waals surface area contributed by atoms with Crippen molar-refractivity contribution in [1.82, 2.24) is 19.9 Å². The van der Waals surface area contributed by atoms with E-state index in [2.05, 4.69) is 63.3 Å². The van der Waals surface area contributed by atoms with Gasteiger partial charge in [0, 0.05) is 50.1 Å². The lowest BCUT2D eigenvalue weighted by Crippen LogP contribution is -2.56. The number of carbonyl (C=O) groups excluding carboxylic acids is 1. The van der Waals surface area contributed by atoms with E-state index in [-0.39, 0.29) is 24.4 Å². The Labute approximate surface area is 332 Å². The number of ether oxygens (including phenoxy) is 4.